The summed E-state index contributed by atoms with van der Waals surface area (Å²) in [6.45, 7) is 10.2. The highest BCUT2D eigenvalue weighted by Gasteiger charge is 2.09. The van der Waals surface area contributed by atoms with Gasteiger partial charge in [-0.3, -0.25) is 0 Å². The van der Waals surface area contributed by atoms with Gasteiger partial charge in [-0.1, -0.05) is 50.6 Å². The van der Waals surface area contributed by atoms with Crippen molar-refractivity contribution in [2.45, 2.75) is 46.6 Å². The summed E-state index contributed by atoms with van der Waals surface area (Å²) in [4.78, 5) is 0. The highest BCUT2D eigenvalue weighted by atomic mass is 35.5. The SMILES string of the molecule is CC(C)CC(C)CNC(C)Cc1ccccc1Cl. The van der Waals surface area contributed by atoms with E-state index in [9.17, 15) is 0 Å². The molecule has 0 spiro atoms. The van der Waals surface area contributed by atoms with E-state index in [1.54, 1.807) is 0 Å². The van der Waals surface area contributed by atoms with Crippen LogP contribution in [-0.2, 0) is 6.42 Å². The Labute approximate surface area is 117 Å². The van der Waals surface area contributed by atoms with Crippen LogP contribution in [0.3, 0.4) is 0 Å². The summed E-state index contributed by atoms with van der Waals surface area (Å²) in [5.74, 6) is 1.51. The minimum atomic E-state index is 0.472. The lowest BCUT2D eigenvalue weighted by Gasteiger charge is -2.19. The topological polar surface area (TPSA) is 12.0 Å². The molecule has 102 valence electrons. The lowest BCUT2D eigenvalue weighted by molar-refractivity contribution is 0.393. The molecule has 1 N–H and O–H groups in total. The van der Waals surface area contributed by atoms with Crippen molar-refractivity contribution in [3.05, 3.63) is 34.9 Å². The van der Waals surface area contributed by atoms with Crippen molar-refractivity contribution in [1.82, 2.24) is 5.32 Å². The molecule has 2 heteroatoms. The van der Waals surface area contributed by atoms with Crippen LogP contribution in [0.1, 0.15) is 39.7 Å². The Kier molecular flexibility index (Phi) is 6.73. The molecule has 1 aromatic carbocycles. The molecule has 0 saturated heterocycles. The van der Waals surface area contributed by atoms with Crippen molar-refractivity contribution in [3.8, 4) is 0 Å². The third kappa shape index (κ3) is 5.88. The van der Waals surface area contributed by atoms with E-state index >= 15 is 0 Å². The quantitative estimate of drug-likeness (QED) is 0.765. The summed E-state index contributed by atoms with van der Waals surface area (Å²) >= 11 is 6.17. The molecule has 0 bridgehead atoms. The summed E-state index contributed by atoms with van der Waals surface area (Å²) in [5.41, 5.74) is 1.23. The van der Waals surface area contributed by atoms with Crippen molar-refractivity contribution in [2.24, 2.45) is 11.8 Å². The largest absolute Gasteiger partial charge is 0.314 e. The predicted molar refractivity (Wildman–Crippen MR) is 81.2 cm³/mol. The van der Waals surface area contributed by atoms with Gasteiger partial charge in [-0.2, -0.15) is 0 Å². The zero-order valence-electron chi connectivity index (χ0n) is 12.0. The molecule has 0 aliphatic carbocycles. The first kappa shape index (κ1) is 15.5. The molecule has 0 aliphatic heterocycles. The van der Waals surface area contributed by atoms with Crippen LogP contribution in [0.4, 0.5) is 0 Å². The summed E-state index contributed by atoms with van der Waals surface area (Å²) in [5, 5.41) is 4.48. The van der Waals surface area contributed by atoms with Crippen LogP contribution in [0.2, 0.25) is 5.02 Å². The van der Waals surface area contributed by atoms with Gasteiger partial charge in [0.15, 0.2) is 0 Å². The molecular formula is C16H26ClN. The van der Waals surface area contributed by atoms with Crippen LogP contribution >= 0.6 is 11.6 Å². The van der Waals surface area contributed by atoms with Gasteiger partial charge in [0, 0.05) is 11.1 Å². The number of rotatable bonds is 7. The first-order chi connectivity index (χ1) is 8.49. The Morgan fingerprint density at radius 3 is 2.39 bits per heavy atom. The molecule has 0 heterocycles. The van der Waals surface area contributed by atoms with Gasteiger partial charge in [-0.15, -0.1) is 0 Å². The molecule has 0 aliphatic rings. The maximum absolute atomic E-state index is 6.17. The van der Waals surface area contributed by atoms with Crippen LogP contribution in [0.5, 0.6) is 0 Å². The van der Waals surface area contributed by atoms with E-state index in [2.05, 4.69) is 45.1 Å². The van der Waals surface area contributed by atoms with Crippen molar-refractivity contribution in [3.63, 3.8) is 0 Å². The molecule has 2 atom stereocenters. The molecule has 0 aromatic heterocycles. The monoisotopic (exact) mass is 267 g/mol. The second-order valence-corrected chi connectivity index (χ2v) is 6.25. The lowest BCUT2D eigenvalue weighted by atomic mass is 9.98. The minimum absolute atomic E-state index is 0.472. The Bertz CT molecular complexity index is 349. The number of hydrogen-bond donors (Lipinski definition) is 1. The van der Waals surface area contributed by atoms with E-state index in [1.165, 1.54) is 12.0 Å². The average Bonchev–Trinajstić information content (AvgIpc) is 2.29. The summed E-state index contributed by atoms with van der Waals surface area (Å²) in [7, 11) is 0. The van der Waals surface area contributed by atoms with Gasteiger partial charge >= 0.3 is 0 Å². The molecule has 0 saturated carbocycles. The third-order valence-electron chi connectivity index (χ3n) is 3.17. The van der Waals surface area contributed by atoms with Crippen LogP contribution in [-0.4, -0.2) is 12.6 Å². The van der Waals surface area contributed by atoms with Crippen molar-refractivity contribution in [2.75, 3.05) is 6.54 Å². The zero-order chi connectivity index (χ0) is 13.5. The molecule has 1 rings (SSSR count). The van der Waals surface area contributed by atoms with Crippen molar-refractivity contribution in [1.29, 1.82) is 0 Å². The van der Waals surface area contributed by atoms with E-state index in [0.29, 0.717) is 6.04 Å². The van der Waals surface area contributed by atoms with Gasteiger partial charge in [0.05, 0.1) is 0 Å². The Morgan fingerprint density at radius 2 is 1.78 bits per heavy atom. The number of nitrogens with one attached hydrogen (secondary N) is 1. The highest BCUT2D eigenvalue weighted by Crippen LogP contribution is 2.17. The molecule has 1 nitrogen and oxygen atoms in total. The van der Waals surface area contributed by atoms with Crippen LogP contribution in [0, 0.1) is 11.8 Å². The molecule has 18 heavy (non-hydrogen) atoms. The predicted octanol–water partition coefficient (Wildman–Crippen LogP) is 4.54. The lowest BCUT2D eigenvalue weighted by Crippen LogP contribution is -2.32. The van der Waals surface area contributed by atoms with Crippen molar-refractivity contribution >= 4 is 11.6 Å². The van der Waals surface area contributed by atoms with Gasteiger partial charge in [-0.25, -0.2) is 0 Å². The van der Waals surface area contributed by atoms with Gasteiger partial charge in [-0.05, 0) is 49.8 Å². The second kappa shape index (κ2) is 7.81. The maximum Gasteiger partial charge on any atom is 0.0438 e. The normalized spacial score (nSPS) is 14.8. The Balaban J connectivity index is 2.34. The molecule has 1 aromatic rings. The Morgan fingerprint density at radius 1 is 1.11 bits per heavy atom. The fourth-order valence-corrected chi connectivity index (χ4v) is 2.57. The summed E-state index contributed by atoms with van der Waals surface area (Å²) in [6.07, 6.45) is 2.28. The fourth-order valence-electron chi connectivity index (χ4n) is 2.36. The van der Waals surface area contributed by atoms with Gasteiger partial charge < -0.3 is 5.32 Å². The first-order valence-electron chi connectivity index (χ1n) is 6.95. The molecule has 0 amide bonds. The van der Waals surface area contributed by atoms with Crippen molar-refractivity contribution < 1.29 is 0 Å². The fraction of sp³-hybridized carbons (Fsp3) is 0.625. The van der Waals surface area contributed by atoms with E-state index in [-0.39, 0.29) is 0 Å². The zero-order valence-corrected chi connectivity index (χ0v) is 12.8. The second-order valence-electron chi connectivity index (χ2n) is 5.84. The molecule has 2 unspecified atom stereocenters. The average molecular weight is 268 g/mol. The number of benzene rings is 1. The Hall–Kier alpha value is -0.530. The van der Waals surface area contributed by atoms with Gasteiger partial charge in [0.1, 0.15) is 0 Å². The standard InChI is InChI=1S/C16H26ClN/c1-12(2)9-13(3)11-18-14(4)10-15-7-5-6-8-16(15)17/h5-8,12-14,18H,9-11H2,1-4H3. The molecule has 0 radical (unpaired) electrons. The summed E-state index contributed by atoms with van der Waals surface area (Å²) < 4.78 is 0. The van der Waals surface area contributed by atoms with E-state index < -0.39 is 0 Å². The van der Waals surface area contributed by atoms with Gasteiger partial charge in [0.25, 0.3) is 0 Å². The summed E-state index contributed by atoms with van der Waals surface area (Å²) in [6, 6.07) is 8.58. The minimum Gasteiger partial charge on any atom is -0.314 e. The van der Waals surface area contributed by atoms with E-state index in [4.69, 9.17) is 11.6 Å². The van der Waals surface area contributed by atoms with E-state index in [1.807, 2.05) is 12.1 Å². The third-order valence-corrected chi connectivity index (χ3v) is 3.54. The number of hydrogen-bond acceptors (Lipinski definition) is 1. The first-order valence-corrected chi connectivity index (χ1v) is 7.33. The van der Waals surface area contributed by atoms with Crippen LogP contribution < -0.4 is 5.32 Å². The van der Waals surface area contributed by atoms with Crippen LogP contribution in [0.25, 0.3) is 0 Å². The van der Waals surface area contributed by atoms with Crippen LogP contribution in [0.15, 0.2) is 24.3 Å². The van der Waals surface area contributed by atoms with E-state index in [0.717, 1.165) is 29.8 Å². The molecule has 0 fully saturated rings. The molecular weight excluding hydrogens is 242 g/mol. The highest BCUT2D eigenvalue weighted by molar-refractivity contribution is 6.31. The number of halogens is 1. The smallest absolute Gasteiger partial charge is 0.0438 e. The van der Waals surface area contributed by atoms with Gasteiger partial charge in [0.2, 0.25) is 0 Å². The maximum atomic E-state index is 6.17.